The molecule has 1 N–H and O–H groups in total. The molecule has 5 heteroatoms. The lowest BCUT2D eigenvalue weighted by molar-refractivity contribution is -0.137. The molecule has 0 atom stereocenters. The Morgan fingerprint density at radius 1 is 1.17 bits per heavy atom. The number of H-pyrrole nitrogens is 1. The van der Waals surface area contributed by atoms with E-state index in [-0.39, 0.29) is 5.92 Å². The maximum absolute atomic E-state index is 12.9. The van der Waals surface area contributed by atoms with Gasteiger partial charge < -0.3 is 4.90 Å². The van der Waals surface area contributed by atoms with Crippen LogP contribution in [0.3, 0.4) is 0 Å². The molecule has 4 rings (SSSR count). The van der Waals surface area contributed by atoms with Crippen molar-refractivity contribution in [3.05, 3.63) is 40.5 Å². The van der Waals surface area contributed by atoms with Gasteiger partial charge in [-0.3, -0.25) is 9.89 Å². The van der Waals surface area contributed by atoms with E-state index in [2.05, 4.69) is 10.2 Å². The van der Waals surface area contributed by atoms with Gasteiger partial charge in [0.1, 0.15) is 0 Å². The van der Waals surface area contributed by atoms with Crippen LogP contribution < -0.4 is 0 Å². The molecule has 1 aliphatic carbocycles. The molecule has 0 spiro atoms. The number of amides is 1. The lowest BCUT2D eigenvalue weighted by Gasteiger charge is -2.32. The largest absolute Gasteiger partial charge is 0.338 e. The SMILES string of the molecule is O=C(C1CCCCC1)N1CCc2[nH]nc(-c3ccc(Cl)cc3)c2C1. The molecule has 1 amide bonds. The Morgan fingerprint density at radius 2 is 1.92 bits per heavy atom. The Kier molecular flexibility index (Phi) is 4.31. The third-order valence-corrected chi connectivity index (χ3v) is 5.57. The molecular formula is C19H22ClN3O. The van der Waals surface area contributed by atoms with Crippen molar-refractivity contribution in [3.8, 4) is 11.3 Å². The number of rotatable bonds is 2. The van der Waals surface area contributed by atoms with Crippen LogP contribution in [-0.4, -0.2) is 27.5 Å². The molecular weight excluding hydrogens is 322 g/mol. The number of benzene rings is 1. The smallest absolute Gasteiger partial charge is 0.225 e. The third kappa shape index (κ3) is 2.95. The zero-order valence-corrected chi connectivity index (χ0v) is 14.5. The van der Waals surface area contributed by atoms with Gasteiger partial charge in [0.25, 0.3) is 0 Å². The van der Waals surface area contributed by atoms with Crippen LogP contribution in [0.5, 0.6) is 0 Å². The van der Waals surface area contributed by atoms with E-state index >= 15 is 0 Å². The van der Waals surface area contributed by atoms with E-state index in [0.29, 0.717) is 12.5 Å². The predicted molar refractivity (Wildman–Crippen MR) is 94.7 cm³/mol. The van der Waals surface area contributed by atoms with Gasteiger partial charge in [-0.15, -0.1) is 0 Å². The van der Waals surface area contributed by atoms with Gasteiger partial charge in [-0.1, -0.05) is 43.0 Å². The first-order chi connectivity index (χ1) is 11.7. The second-order valence-electron chi connectivity index (χ2n) is 6.88. The van der Waals surface area contributed by atoms with E-state index < -0.39 is 0 Å². The molecule has 1 aromatic heterocycles. The second kappa shape index (κ2) is 6.60. The van der Waals surface area contributed by atoms with Gasteiger partial charge in [0, 0.05) is 47.3 Å². The summed E-state index contributed by atoms with van der Waals surface area (Å²) in [5, 5.41) is 8.38. The molecule has 24 heavy (non-hydrogen) atoms. The molecule has 0 bridgehead atoms. The highest BCUT2D eigenvalue weighted by molar-refractivity contribution is 6.30. The fourth-order valence-corrected chi connectivity index (χ4v) is 4.06. The molecule has 2 aromatic rings. The van der Waals surface area contributed by atoms with E-state index in [4.69, 9.17) is 11.6 Å². The summed E-state index contributed by atoms with van der Waals surface area (Å²) < 4.78 is 0. The molecule has 1 aliphatic heterocycles. The van der Waals surface area contributed by atoms with Gasteiger partial charge in [-0.05, 0) is 25.0 Å². The van der Waals surface area contributed by atoms with Crippen molar-refractivity contribution >= 4 is 17.5 Å². The average molecular weight is 344 g/mol. The summed E-state index contributed by atoms with van der Waals surface area (Å²) in [6, 6.07) is 7.73. The van der Waals surface area contributed by atoms with Crippen LogP contribution >= 0.6 is 11.6 Å². The number of carbonyl (C=O) groups is 1. The lowest BCUT2D eigenvalue weighted by Crippen LogP contribution is -2.40. The molecule has 1 aromatic carbocycles. The number of nitrogens with one attached hydrogen (secondary N) is 1. The summed E-state index contributed by atoms with van der Waals surface area (Å²) in [4.78, 5) is 14.9. The van der Waals surface area contributed by atoms with Crippen LogP contribution in [0.2, 0.25) is 5.02 Å². The number of hydrogen-bond acceptors (Lipinski definition) is 2. The minimum Gasteiger partial charge on any atom is -0.338 e. The first-order valence-electron chi connectivity index (χ1n) is 8.83. The van der Waals surface area contributed by atoms with Gasteiger partial charge in [0.2, 0.25) is 5.91 Å². The molecule has 4 nitrogen and oxygen atoms in total. The minimum atomic E-state index is 0.228. The van der Waals surface area contributed by atoms with Gasteiger partial charge in [0.15, 0.2) is 0 Å². The highest BCUT2D eigenvalue weighted by atomic mass is 35.5. The van der Waals surface area contributed by atoms with Crippen molar-refractivity contribution in [2.24, 2.45) is 5.92 Å². The highest BCUT2D eigenvalue weighted by Gasteiger charge is 2.30. The van der Waals surface area contributed by atoms with Crippen molar-refractivity contribution in [3.63, 3.8) is 0 Å². The van der Waals surface area contributed by atoms with Crippen LogP contribution in [0.15, 0.2) is 24.3 Å². The van der Waals surface area contributed by atoms with Crippen molar-refractivity contribution in [2.75, 3.05) is 6.54 Å². The lowest BCUT2D eigenvalue weighted by atomic mass is 9.87. The summed E-state index contributed by atoms with van der Waals surface area (Å²) in [6.45, 7) is 1.46. The molecule has 1 fully saturated rings. The topological polar surface area (TPSA) is 49.0 Å². The molecule has 0 radical (unpaired) electrons. The second-order valence-corrected chi connectivity index (χ2v) is 7.32. The van der Waals surface area contributed by atoms with Crippen molar-refractivity contribution in [1.29, 1.82) is 0 Å². The summed E-state index contributed by atoms with van der Waals surface area (Å²) in [5.74, 6) is 0.565. The van der Waals surface area contributed by atoms with Gasteiger partial charge in [-0.25, -0.2) is 0 Å². The quantitative estimate of drug-likeness (QED) is 0.888. The Hall–Kier alpha value is -1.81. The number of carbonyl (C=O) groups excluding carboxylic acids is 1. The van der Waals surface area contributed by atoms with Crippen molar-refractivity contribution in [1.82, 2.24) is 15.1 Å². The van der Waals surface area contributed by atoms with E-state index in [0.717, 1.165) is 53.3 Å². The van der Waals surface area contributed by atoms with Crippen LogP contribution in [0.1, 0.15) is 43.4 Å². The van der Waals surface area contributed by atoms with E-state index in [1.54, 1.807) is 0 Å². The molecule has 1 saturated carbocycles. The number of aromatic amines is 1. The third-order valence-electron chi connectivity index (χ3n) is 5.32. The zero-order valence-electron chi connectivity index (χ0n) is 13.7. The van der Waals surface area contributed by atoms with E-state index in [1.807, 2.05) is 29.2 Å². The fourth-order valence-electron chi connectivity index (χ4n) is 3.94. The van der Waals surface area contributed by atoms with Crippen LogP contribution in [-0.2, 0) is 17.8 Å². The Morgan fingerprint density at radius 3 is 2.67 bits per heavy atom. The molecule has 2 heterocycles. The monoisotopic (exact) mass is 343 g/mol. The Balaban J connectivity index is 1.56. The molecule has 126 valence electrons. The van der Waals surface area contributed by atoms with Crippen LogP contribution in [0, 0.1) is 5.92 Å². The molecule has 0 unspecified atom stereocenters. The highest BCUT2D eigenvalue weighted by Crippen LogP contribution is 2.31. The number of aromatic nitrogens is 2. The fraction of sp³-hybridized carbons (Fsp3) is 0.474. The standard InChI is InChI=1S/C19H22ClN3O/c20-15-8-6-13(7-9-15)18-16-12-23(11-10-17(16)21-22-18)19(24)14-4-2-1-3-5-14/h6-9,14H,1-5,10-12H2,(H,21,22). The normalized spacial score (nSPS) is 18.5. The first-order valence-corrected chi connectivity index (χ1v) is 9.21. The van der Waals surface area contributed by atoms with Crippen LogP contribution in [0.25, 0.3) is 11.3 Å². The molecule has 2 aliphatic rings. The van der Waals surface area contributed by atoms with Gasteiger partial charge in [-0.2, -0.15) is 5.10 Å². The Bertz CT molecular complexity index is 732. The number of halogens is 1. The average Bonchev–Trinajstić information content (AvgIpc) is 3.05. The van der Waals surface area contributed by atoms with Gasteiger partial charge >= 0.3 is 0 Å². The van der Waals surface area contributed by atoms with E-state index in [1.165, 1.54) is 19.3 Å². The van der Waals surface area contributed by atoms with Gasteiger partial charge in [0.05, 0.1) is 5.69 Å². The summed E-state index contributed by atoms with van der Waals surface area (Å²) >= 11 is 5.99. The maximum Gasteiger partial charge on any atom is 0.225 e. The number of fused-ring (bicyclic) bond motifs is 1. The first kappa shape index (κ1) is 15.7. The van der Waals surface area contributed by atoms with Crippen molar-refractivity contribution in [2.45, 2.75) is 45.1 Å². The summed E-state index contributed by atoms with van der Waals surface area (Å²) in [5.41, 5.74) is 4.31. The predicted octanol–water partition coefficient (Wildman–Crippen LogP) is 4.20. The summed E-state index contributed by atoms with van der Waals surface area (Å²) in [7, 11) is 0. The van der Waals surface area contributed by atoms with Crippen molar-refractivity contribution < 1.29 is 4.79 Å². The van der Waals surface area contributed by atoms with Crippen LogP contribution in [0.4, 0.5) is 0 Å². The maximum atomic E-state index is 12.9. The Labute approximate surface area is 147 Å². The number of hydrogen-bond donors (Lipinski definition) is 1. The number of nitrogens with zero attached hydrogens (tertiary/aromatic N) is 2. The zero-order chi connectivity index (χ0) is 16.5. The van der Waals surface area contributed by atoms with E-state index in [9.17, 15) is 4.79 Å². The molecule has 0 saturated heterocycles. The summed E-state index contributed by atoms with van der Waals surface area (Å²) in [6.07, 6.45) is 6.62. The minimum absolute atomic E-state index is 0.228.